The first-order chi connectivity index (χ1) is 17.8. The van der Waals surface area contributed by atoms with Gasteiger partial charge in [0, 0.05) is 29.1 Å². The van der Waals surface area contributed by atoms with Crippen LogP contribution in [0.2, 0.25) is 0 Å². The fraction of sp³-hybridized carbons (Fsp3) is 0.172. The van der Waals surface area contributed by atoms with Gasteiger partial charge in [-0.2, -0.15) is 0 Å². The van der Waals surface area contributed by atoms with Crippen LogP contribution in [0.1, 0.15) is 34.0 Å². The van der Waals surface area contributed by atoms with Crippen molar-refractivity contribution in [2.24, 2.45) is 0 Å². The number of anilines is 1. The zero-order valence-electron chi connectivity index (χ0n) is 20.8. The molecule has 2 aromatic carbocycles. The Morgan fingerprint density at radius 2 is 1.73 bits per heavy atom. The number of ketones is 1. The molecule has 0 fully saturated rings. The number of aromatic nitrogens is 2. The van der Waals surface area contributed by atoms with Crippen LogP contribution < -0.4 is 16.2 Å². The number of hydrogen-bond donors (Lipinski definition) is 2. The maximum Gasteiger partial charge on any atom is 0.275 e. The van der Waals surface area contributed by atoms with Gasteiger partial charge in [0.15, 0.2) is 5.78 Å². The fourth-order valence-corrected chi connectivity index (χ4v) is 3.95. The van der Waals surface area contributed by atoms with Gasteiger partial charge in [-0.05, 0) is 74.5 Å². The van der Waals surface area contributed by atoms with Crippen molar-refractivity contribution in [2.45, 2.75) is 26.4 Å². The number of likely N-dealkylation sites (N-methyl/N-ethyl adjacent to an activating group) is 1. The van der Waals surface area contributed by atoms with E-state index in [4.69, 9.17) is 0 Å². The number of halogens is 1. The highest BCUT2D eigenvalue weighted by Gasteiger charge is 2.17. The normalized spacial score (nSPS) is 11.7. The molecule has 0 aliphatic carbocycles. The average Bonchev–Trinajstić information content (AvgIpc) is 2.91. The minimum atomic E-state index is -0.484. The number of amides is 1. The highest BCUT2D eigenvalue weighted by Crippen LogP contribution is 2.24. The molecular formula is C29H27FN4O3. The lowest BCUT2D eigenvalue weighted by Gasteiger charge is -2.18. The molecule has 7 nitrogen and oxygen atoms in total. The van der Waals surface area contributed by atoms with E-state index in [9.17, 15) is 18.8 Å². The van der Waals surface area contributed by atoms with E-state index < -0.39 is 11.9 Å². The highest BCUT2D eigenvalue weighted by molar-refractivity contribution is 6.08. The van der Waals surface area contributed by atoms with Crippen LogP contribution in [0.3, 0.4) is 0 Å². The molecule has 4 rings (SSSR count). The second-order valence-corrected chi connectivity index (χ2v) is 8.76. The van der Waals surface area contributed by atoms with Crippen molar-refractivity contribution in [1.82, 2.24) is 14.9 Å². The molecule has 188 valence electrons. The summed E-state index contributed by atoms with van der Waals surface area (Å²) in [5.74, 6) is -1.06. The smallest absolute Gasteiger partial charge is 0.275 e. The number of carbonyl (C=O) groups excluding carboxylic acids is 2. The summed E-state index contributed by atoms with van der Waals surface area (Å²) in [6.07, 6.45) is 3.03. The Balaban J connectivity index is 1.76. The Bertz CT molecular complexity index is 1510. The van der Waals surface area contributed by atoms with Crippen LogP contribution in [0.5, 0.6) is 0 Å². The Hall–Kier alpha value is -4.43. The van der Waals surface area contributed by atoms with E-state index in [0.29, 0.717) is 22.4 Å². The summed E-state index contributed by atoms with van der Waals surface area (Å²) in [5, 5.41) is 5.56. The average molecular weight is 499 g/mol. The summed E-state index contributed by atoms with van der Waals surface area (Å²) in [7, 11) is 1.66. The van der Waals surface area contributed by atoms with Crippen LogP contribution in [0, 0.1) is 12.7 Å². The predicted octanol–water partition coefficient (Wildman–Crippen LogP) is 4.18. The third kappa shape index (κ3) is 5.70. The van der Waals surface area contributed by atoms with Gasteiger partial charge < -0.3 is 15.2 Å². The van der Waals surface area contributed by atoms with E-state index in [1.54, 1.807) is 42.9 Å². The second kappa shape index (κ2) is 11.1. The van der Waals surface area contributed by atoms with Crippen molar-refractivity contribution in [3.05, 3.63) is 118 Å². The third-order valence-electron chi connectivity index (χ3n) is 6.18. The molecule has 1 atom stereocenters. The molecular weight excluding hydrogens is 471 g/mol. The maximum atomic E-state index is 13.6. The van der Waals surface area contributed by atoms with Gasteiger partial charge in [0.05, 0.1) is 18.3 Å². The van der Waals surface area contributed by atoms with Crippen molar-refractivity contribution in [3.63, 3.8) is 0 Å². The van der Waals surface area contributed by atoms with Gasteiger partial charge in [-0.25, -0.2) is 4.39 Å². The van der Waals surface area contributed by atoms with Gasteiger partial charge in [-0.15, -0.1) is 0 Å². The molecule has 0 unspecified atom stereocenters. The first-order valence-corrected chi connectivity index (χ1v) is 11.8. The largest absolute Gasteiger partial charge is 0.320 e. The molecule has 0 aliphatic heterocycles. The number of nitrogens with one attached hydrogen (secondary N) is 2. The van der Waals surface area contributed by atoms with Crippen LogP contribution in [0.4, 0.5) is 10.1 Å². The topological polar surface area (TPSA) is 93.1 Å². The first kappa shape index (κ1) is 25.7. The van der Waals surface area contributed by atoms with Gasteiger partial charge in [-0.1, -0.05) is 24.3 Å². The number of aryl methyl sites for hydroxylation is 1. The zero-order valence-corrected chi connectivity index (χ0v) is 20.8. The first-order valence-electron chi connectivity index (χ1n) is 11.8. The zero-order chi connectivity index (χ0) is 26.5. The van der Waals surface area contributed by atoms with Crippen molar-refractivity contribution in [1.29, 1.82) is 0 Å². The van der Waals surface area contributed by atoms with E-state index in [0.717, 1.165) is 11.1 Å². The maximum absolute atomic E-state index is 13.6. The SMILES string of the molecule is CN[C@@H](C)C(=O)Nc1ccc(-c2ccccc2C)n(Cc2cncc(C(=O)c3ccc(F)cc3)c2)c1=O. The molecule has 4 aromatic rings. The highest BCUT2D eigenvalue weighted by atomic mass is 19.1. The minimum Gasteiger partial charge on any atom is -0.320 e. The minimum absolute atomic E-state index is 0.116. The summed E-state index contributed by atoms with van der Waals surface area (Å²) >= 11 is 0. The Morgan fingerprint density at radius 3 is 2.43 bits per heavy atom. The molecule has 0 bridgehead atoms. The van der Waals surface area contributed by atoms with Crippen LogP contribution in [0.25, 0.3) is 11.3 Å². The Kier molecular flexibility index (Phi) is 7.69. The fourth-order valence-electron chi connectivity index (χ4n) is 3.95. The summed E-state index contributed by atoms with van der Waals surface area (Å²) in [5.41, 5.74) is 3.56. The summed E-state index contributed by atoms with van der Waals surface area (Å²) in [6, 6.07) is 17.6. The van der Waals surface area contributed by atoms with E-state index in [-0.39, 0.29) is 29.5 Å². The Morgan fingerprint density at radius 1 is 1.00 bits per heavy atom. The van der Waals surface area contributed by atoms with Crippen molar-refractivity contribution < 1.29 is 14.0 Å². The van der Waals surface area contributed by atoms with Crippen LogP contribution in [-0.4, -0.2) is 34.3 Å². The number of hydrogen-bond acceptors (Lipinski definition) is 5. The van der Waals surface area contributed by atoms with E-state index in [2.05, 4.69) is 15.6 Å². The van der Waals surface area contributed by atoms with Gasteiger partial charge in [0.1, 0.15) is 11.5 Å². The number of nitrogens with zero attached hydrogens (tertiary/aromatic N) is 2. The molecule has 2 N–H and O–H groups in total. The lowest BCUT2D eigenvalue weighted by atomic mass is 10.0. The number of pyridine rings is 2. The number of benzene rings is 2. The molecule has 0 radical (unpaired) electrons. The second-order valence-electron chi connectivity index (χ2n) is 8.76. The van der Waals surface area contributed by atoms with Crippen molar-refractivity contribution in [3.8, 4) is 11.3 Å². The monoisotopic (exact) mass is 498 g/mol. The van der Waals surface area contributed by atoms with Crippen LogP contribution in [0.15, 0.2) is 83.9 Å². The molecule has 0 spiro atoms. The van der Waals surface area contributed by atoms with E-state index >= 15 is 0 Å². The molecule has 0 aliphatic rings. The van der Waals surface area contributed by atoms with E-state index in [1.807, 2.05) is 31.2 Å². The van der Waals surface area contributed by atoms with Crippen LogP contribution in [-0.2, 0) is 11.3 Å². The number of rotatable bonds is 8. The lowest BCUT2D eigenvalue weighted by molar-refractivity contribution is -0.117. The molecule has 2 heterocycles. The Labute approximate surface area is 214 Å². The molecule has 0 saturated carbocycles. The lowest BCUT2D eigenvalue weighted by Crippen LogP contribution is -2.37. The quantitative estimate of drug-likeness (QED) is 0.356. The predicted molar refractivity (Wildman–Crippen MR) is 141 cm³/mol. The van der Waals surface area contributed by atoms with Crippen molar-refractivity contribution in [2.75, 3.05) is 12.4 Å². The molecule has 8 heteroatoms. The van der Waals surface area contributed by atoms with Gasteiger partial charge >= 0.3 is 0 Å². The summed E-state index contributed by atoms with van der Waals surface area (Å²) in [6.45, 7) is 3.77. The summed E-state index contributed by atoms with van der Waals surface area (Å²) < 4.78 is 14.9. The molecule has 1 amide bonds. The molecule has 37 heavy (non-hydrogen) atoms. The van der Waals surface area contributed by atoms with Crippen molar-refractivity contribution >= 4 is 17.4 Å². The standard InChI is InChI=1S/C29H27FN4O3/c1-18-6-4-5-7-24(18)26-13-12-25(33-28(36)19(2)31-3)29(37)34(26)17-20-14-22(16-32-15-20)27(35)21-8-10-23(30)11-9-21/h4-16,19,31H,17H2,1-3H3,(H,33,36)/t19-/m0/s1. The molecule has 2 aromatic heterocycles. The van der Waals surface area contributed by atoms with Crippen LogP contribution >= 0.6 is 0 Å². The van der Waals surface area contributed by atoms with Gasteiger partial charge in [0.25, 0.3) is 5.56 Å². The molecule has 0 saturated heterocycles. The van der Waals surface area contributed by atoms with E-state index in [1.165, 1.54) is 30.5 Å². The third-order valence-corrected chi connectivity index (χ3v) is 6.18. The summed E-state index contributed by atoms with van der Waals surface area (Å²) in [4.78, 5) is 43.2. The number of carbonyl (C=O) groups is 2. The van der Waals surface area contributed by atoms with Gasteiger partial charge in [0.2, 0.25) is 5.91 Å². The van der Waals surface area contributed by atoms with Gasteiger partial charge in [-0.3, -0.25) is 19.4 Å².